The molecule has 0 spiro atoms. The van der Waals surface area contributed by atoms with E-state index < -0.39 is 18.0 Å². The number of carbonyl (C=O) groups is 4. The van der Waals surface area contributed by atoms with Gasteiger partial charge in [-0.2, -0.15) is 0 Å². The zero-order chi connectivity index (χ0) is 60.4. The molecule has 16 nitrogen and oxygen atoms in total. The van der Waals surface area contributed by atoms with Crippen LogP contribution in [0.1, 0.15) is 81.8 Å². The van der Waals surface area contributed by atoms with Gasteiger partial charge in [0, 0.05) is 71.4 Å². The average molecular weight is 1290 g/mol. The van der Waals surface area contributed by atoms with E-state index in [0.717, 1.165) is 65.2 Å². The molecule has 0 aliphatic rings. The number of para-hydroxylation sites is 4. The first kappa shape index (κ1) is 69.6. The van der Waals surface area contributed by atoms with Crippen LogP contribution in [-0.4, -0.2) is 91.5 Å². The second-order valence-corrected chi connectivity index (χ2v) is 21.6. The minimum atomic E-state index is -0.752. The predicted molar refractivity (Wildman–Crippen MR) is 361 cm³/mol. The molecule has 5 N–H and O–H groups in total. The van der Waals surface area contributed by atoms with Crippen molar-refractivity contribution in [3.05, 3.63) is 232 Å². The highest BCUT2D eigenvalue weighted by atomic mass is 79.9. The number of hydrogen-bond donors (Lipinski definition) is 5. The van der Waals surface area contributed by atoms with E-state index in [9.17, 15) is 19.2 Å². The van der Waals surface area contributed by atoms with Gasteiger partial charge < -0.3 is 35.7 Å². The minimum absolute atomic E-state index is 0. The minimum Gasteiger partial charge on any atom is -0.489 e. The molecule has 458 valence electrons. The molecule has 11 aromatic rings. The van der Waals surface area contributed by atoms with Crippen LogP contribution in [0.25, 0.3) is 49.6 Å². The molecule has 4 heterocycles. The third-order valence-electron chi connectivity index (χ3n) is 13.0. The van der Waals surface area contributed by atoms with Gasteiger partial charge in [-0.05, 0) is 136 Å². The van der Waals surface area contributed by atoms with Crippen LogP contribution in [0.15, 0.2) is 199 Å². The SMILES string of the molecule is C.C.C.CNC(=O)C(Cc1ccc(-n2cnc3ccccc32)cc1)NC(=O)c1ccc(OC(C)C)c(Cl)c1.CNC(=O)C(Cc1ccc(Br)cc1)NC(=O)c1ccc(OC(C)C)c(Cl)c1.c1ccc2[nH]cnc2c1.c1cnc2c(c1)ccc1cccnc12. The Morgan fingerprint density at radius 2 is 1.01 bits per heavy atom. The number of amides is 4. The van der Waals surface area contributed by atoms with Crippen LogP contribution < -0.4 is 30.7 Å². The zero-order valence-electron chi connectivity index (χ0n) is 47.5. The van der Waals surface area contributed by atoms with Crippen LogP contribution in [0.4, 0.5) is 0 Å². The summed E-state index contributed by atoms with van der Waals surface area (Å²) < 4.78 is 14.2. The van der Waals surface area contributed by atoms with Crippen molar-refractivity contribution in [3.63, 3.8) is 0 Å². The Balaban J connectivity index is 0.000000233. The Morgan fingerprint density at radius 3 is 1.48 bits per heavy atom. The second-order valence-electron chi connectivity index (χ2n) is 19.8. The molecule has 11 rings (SSSR count). The predicted octanol–water partition coefficient (Wildman–Crippen LogP) is 14.8. The molecule has 2 unspecified atom stereocenters. The lowest BCUT2D eigenvalue weighted by atomic mass is 10.0. The van der Waals surface area contributed by atoms with Gasteiger partial charge >= 0.3 is 0 Å². The van der Waals surface area contributed by atoms with E-state index >= 15 is 0 Å². The van der Waals surface area contributed by atoms with Crippen molar-refractivity contribution in [1.29, 1.82) is 0 Å². The highest BCUT2D eigenvalue weighted by molar-refractivity contribution is 9.10. The number of carbonyl (C=O) groups excluding carboxylic acids is 4. The fraction of sp³-hybridized carbons (Fsp3) is 0.217. The fourth-order valence-electron chi connectivity index (χ4n) is 8.84. The van der Waals surface area contributed by atoms with Gasteiger partial charge in [0.1, 0.15) is 29.9 Å². The number of aromatic nitrogens is 6. The lowest BCUT2D eigenvalue weighted by Gasteiger charge is -2.18. The summed E-state index contributed by atoms with van der Waals surface area (Å²) in [6.07, 6.45) is 7.74. The van der Waals surface area contributed by atoms with Crippen molar-refractivity contribution < 1.29 is 28.7 Å². The van der Waals surface area contributed by atoms with Crippen LogP contribution in [-0.2, 0) is 22.4 Å². The number of halogens is 3. The lowest BCUT2D eigenvalue weighted by Crippen LogP contribution is -2.47. The molecule has 88 heavy (non-hydrogen) atoms. The smallest absolute Gasteiger partial charge is 0.251 e. The average Bonchev–Trinajstić information content (AvgIpc) is 2.08. The van der Waals surface area contributed by atoms with E-state index in [4.69, 9.17) is 32.7 Å². The molecule has 0 saturated heterocycles. The summed E-state index contributed by atoms with van der Waals surface area (Å²) in [5.74, 6) is -0.296. The molecule has 4 amide bonds. The molecular formula is C69H75BrCl2N10O6. The quantitative estimate of drug-likeness (QED) is 0.0614. The van der Waals surface area contributed by atoms with Gasteiger partial charge in [0.2, 0.25) is 11.8 Å². The normalized spacial score (nSPS) is 11.1. The summed E-state index contributed by atoms with van der Waals surface area (Å²) in [6.45, 7) is 7.59. The first-order valence-corrected chi connectivity index (χ1v) is 28.8. The van der Waals surface area contributed by atoms with Crippen molar-refractivity contribution in [2.45, 2.75) is 87.1 Å². The highest BCUT2D eigenvalue weighted by Crippen LogP contribution is 2.29. The molecule has 19 heteroatoms. The molecule has 0 saturated carbocycles. The van der Waals surface area contributed by atoms with E-state index in [1.165, 1.54) is 13.1 Å². The van der Waals surface area contributed by atoms with Gasteiger partial charge in [-0.25, -0.2) is 9.97 Å². The summed E-state index contributed by atoms with van der Waals surface area (Å²) in [5.41, 5.74) is 9.52. The number of aromatic amines is 1. The van der Waals surface area contributed by atoms with E-state index in [1.54, 1.807) is 62.4 Å². The monoisotopic (exact) mass is 1290 g/mol. The van der Waals surface area contributed by atoms with E-state index in [-0.39, 0.29) is 52.2 Å². The zero-order valence-corrected chi connectivity index (χ0v) is 50.6. The molecule has 2 atom stereocenters. The van der Waals surface area contributed by atoms with Crippen molar-refractivity contribution in [1.82, 2.24) is 50.8 Å². The van der Waals surface area contributed by atoms with Crippen LogP contribution in [0, 0.1) is 0 Å². The fourth-order valence-corrected chi connectivity index (χ4v) is 9.56. The first-order valence-electron chi connectivity index (χ1n) is 27.3. The van der Waals surface area contributed by atoms with Crippen LogP contribution >= 0.6 is 39.1 Å². The van der Waals surface area contributed by atoms with Gasteiger partial charge in [0.05, 0.1) is 61.7 Å². The van der Waals surface area contributed by atoms with Gasteiger partial charge in [0.15, 0.2) is 0 Å². The maximum absolute atomic E-state index is 12.9. The van der Waals surface area contributed by atoms with Gasteiger partial charge in [-0.1, -0.05) is 134 Å². The Hall–Kier alpha value is -9.16. The van der Waals surface area contributed by atoms with Gasteiger partial charge in [0.25, 0.3) is 11.8 Å². The van der Waals surface area contributed by atoms with E-state index in [1.807, 2.05) is 141 Å². The summed E-state index contributed by atoms with van der Waals surface area (Å²) in [6, 6.07) is 51.6. The maximum Gasteiger partial charge on any atom is 0.251 e. The first-order chi connectivity index (χ1) is 41.1. The second kappa shape index (κ2) is 33.7. The maximum atomic E-state index is 12.9. The Morgan fingerprint density at radius 1 is 0.545 bits per heavy atom. The van der Waals surface area contributed by atoms with Crippen LogP contribution in [0.2, 0.25) is 10.0 Å². The number of rotatable bonds is 15. The molecular weight excluding hydrogens is 1220 g/mol. The standard InChI is InChI=1S/C27H27ClN4O3.C20H22BrClN2O3.C12H8N2.C7H6N2.3CH4/c1-17(2)35-25-13-10-19(15-21(25)28)26(33)31-23(27(34)29-3)14-18-8-11-20(12-9-18)32-16-30-22-6-4-5-7-24(22)32;1-12(2)27-18-9-6-14(11-16(18)22)19(25)24-17(20(26)23-3)10-13-4-7-15(21)8-5-13;1-3-9-5-6-10-4-2-8-14-12(10)11(9)13-7-1;1-2-4-7-6(3-1)8-5-9-7;;;/h4-13,15-17,23H,14H2,1-3H3,(H,29,34)(H,31,33);4-9,11-12,17H,10H2,1-3H3,(H,23,26)(H,24,25);1-8H;1-5H,(H,8,9);3*1H4. The van der Waals surface area contributed by atoms with Crippen LogP contribution in [0.5, 0.6) is 11.5 Å². The number of hydrogen-bond acceptors (Lipinski definition) is 10. The topological polar surface area (TPSA) is 207 Å². The molecule has 0 fully saturated rings. The van der Waals surface area contributed by atoms with Crippen LogP contribution in [0.3, 0.4) is 0 Å². The Kier molecular flexibility index (Phi) is 26.6. The summed E-state index contributed by atoms with van der Waals surface area (Å²) in [5, 5.41) is 13.8. The molecule has 4 aromatic heterocycles. The van der Waals surface area contributed by atoms with Crippen molar-refractivity contribution in [2.24, 2.45) is 0 Å². The third kappa shape index (κ3) is 18.9. The van der Waals surface area contributed by atoms with E-state index in [2.05, 4.69) is 86.4 Å². The Labute approximate surface area is 533 Å². The summed E-state index contributed by atoms with van der Waals surface area (Å²) >= 11 is 15.9. The van der Waals surface area contributed by atoms with Gasteiger partial charge in [-0.3, -0.25) is 33.7 Å². The number of H-pyrrole nitrogens is 1. The molecule has 7 aromatic carbocycles. The number of likely N-dealkylation sites (N-methyl/N-ethyl adjacent to an activating group) is 2. The number of imidazole rings is 2. The number of benzene rings is 7. The number of nitrogens with zero attached hydrogens (tertiary/aromatic N) is 5. The number of pyridine rings is 2. The van der Waals surface area contributed by atoms with Crippen molar-refractivity contribution in [3.8, 4) is 17.2 Å². The van der Waals surface area contributed by atoms with Crippen molar-refractivity contribution in [2.75, 3.05) is 14.1 Å². The molecule has 0 radical (unpaired) electrons. The van der Waals surface area contributed by atoms with Gasteiger partial charge in [-0.15, -0.1) is 0 Å². The Bertz CT molecular complexity index is 3980. The lowest BCUT2D eigenvalue weighted by molar-refractivity contribution is -0.123. The highest BCUT2D eigenvalue weighted by Gasteiger charge is 2.24. The number of ether oxygens (including phenoxy) is 2. The molecule has 0 aliphatic carbocycles. The largest absolute Gasteiger partial charge is 0.489 e. The summed E-state index contributed by atoms with van der Waals surface area (Å²) in [7, 11) is 3.08. The number of fused-ring (bicyclic) bond motifs is 5. The van der Waals surface area contributed by atoms with Crippen molar-refractivity contribution >= 4 is 107 Å². The summed E-state index contributed by atoms with van der Waals surface area (Å²) in [4.78, 5) is 70.4. The number of nitrogens with one attached hydrogen (secondary N) is 5. The molecule has 0 aliphatic heterocycles. The molecule has 0 bridgehead atoms. The third-order valence-corrected chi connectivity index (χ3v) is 14.1. The van der Waals surface area contributed by atoms with E-state index in [0.29, 0.717) is 45.5 Å².